The number of hydrogen-bond acceptors (Lipinski definition) is 3. The smallest absolute Gasteiger partial charge is 0.317 e. The summed E-state index contributed by atoms with van der Waals surface area (Å²) in [5.41, 5.74) is 1.88. The summed E-state index contributed by atoms with van der Waals surface area (Å²) in [5, 5.41) is 4.42. The summed E-state index contributed by atoms with van der Waals surface area (Å²) < 4.78 is 20.3. The number of carbonyl (C=O) groups is 1. The molecule has 0 saturated carbocycles. The van der Waals surface area contributed by atoms with Crippen LogP contribution in [-0.2, 0) is 0 Å². The Morgan fingerprint density at radius 1 is 1.16 bits per heavy atom. The molecule has 8 heteroatoms. The molecular formula is C24H26ClFN4O2. The first kappa shape index (κ1) is 21.1. The molecule has 2 aliphatic rings. The molecule has 3 heterocycles. The van der Waals surface area contributed by atoms with E-state index in [0.29, 0.717) is 18.1 Å². The van der Waals surface area contributed by atoms with Crippen molar-refractivity contribution < 1.29 is 13.9 Å². The van der Waals surface area contributed by atoms with Crippen LogP contribution in [0.5, 0.6) is 5.75 Å². The molecule has 0 radical (unpaired) electrons. The van der Waals surface area contributed by atoms with E-state index in [-0.39, 0.29) is 24.0 Å². The molecule has 6 nitrogen and oxygen atoms in total. The van der Waals surface area contributed by atoms with Crippen LogP contribution in [0.25, 0.3) is 10.9 Å². The van der Waals surface area contributed by atoms with Crippen LogP contribution in [-0.4, -0.2) is 59.6 Å². The number of halogens is 2. The molecule has 2 amide bonds. The van der Waals surface area contributed by atoms with Gasteiger partial charge in [-0.25, -0.2) is 9.18 Å². The summed E-state index contributed by atoms with van der Waals surface area (Å²) >= 11 is 6.23. The molecule has 5 rings (SSSR count). The Morgan fingerprint density at radius 3 is 2.78 bits per heavy atom. The molecule has 168 valence electrons. The molecule has 1 unspecified atom stereocenters. The van der Waals surface area contributed by atoms with Crippen molar-refractivity contribution in [2.24, 2.45) is 0 Å². The van der Waals surface area contributed by atoms with Gasteiger partial charge >= 0.3 is 6.03 Å². The highest BCUT2D eigenvalue weighted by molar-refractivity contribution is 6.31. The topological polar surface area (TPSA) is 60.6 Å². The molecule has 0 aliphatic carbocycles. The van der Waals surface area contributed by atoms with Crippen LogP contribution >= 0.6 is 11.6 Å². The monoisotopic (exact) mass is 456 g/mol. The van der Waals surface area contributed by atoms with Crippen molar-refractivity contribution in [3.8, 4) is 5.75 Å². The van der Waals surface area contributed by atoms with Gasteiger partial charge in [0.25, 0.3) is 0 Å². The van der Waals surface area contributed by atoms with Gasteiger partial charge in [-0.1, -0.05) is 23.7 Å². The molecular weight excluding hydrogens is 431 g/mol. The van der Waals surface area contributed by atoms with Gasteiger partial charge in [-0.15, -0.1) is 0 Å². The van der Waals surface area contributed by atoms with Gasteiger partial charge in [0, 0.05) is 48.3 Å². The zero-order chi connectivity index (χ0) is 22.1. The number of aromatic amines is 1. The summed E-state index contributed by atoms with van der Waals surface area (Å²) in [5.74, 6) is 0.456. The average molecular weight is 457 g/mol. The van der Waals surface area contributed by atoms with Gasteiger partial charge in [0.1, 0.15) is 17.7 Å². The third-order valence-electron chi connectivity index (χ3n) is 6.42. The van der Waals surface area contributed by atoms with Crippen molar-refractivity contribution in [2.45, 2.75) is 25.0 Å². The lowest BCUT2D eigenvalue weighted by molar-refractivity contribution is 0.0891. The number of fused-ring (bicyclic) bond motifs is 1. The van der Waals surface area contributed by atoms with E-state index in [9.17, 15) is 9.18 Å². The summed E-state index contributed by atoms with van der Waals surface area (Å²) in [6.07, 6.45) is 3.60. The van der Waals surface area contributed by atoms with Gasteiger partial charge in [-0.2, -0.15) is 0 Å². The van der Waals surface area contributed by atoms with E-state index >= 15 is 0 Å². The minimum atomic E-state index is -0.275. The molecule has 2 saturated heterocycles. The zero-order valence-corrected chi connectivity index (χ0v) is 18.4. The van der Waals surface area contributed by atoms with E-state index in [1.165, 1.54) is 12.1 Å². The number of amides is 2. The lowest BCUT2D eigenvalue weighted by Gasteiger charge is -2.33. The normalized spacial score (nSPS) is 20.1. The number of benzene rings is 2. The van der Waals surface area contributed by atoms with Gasteiger partial charge in [-0.3, -0.25) is 4.90 Å². The molecule has 2 aromatic carbocycles. The first-order valence-electron chi connectivity index (χ1n) is 11.0. The second kappa shape index (κ2) is 9.00. The second-order valence-corrected chi connectivity index (χ2v) is 8.83. The van der Waals surface area contributed by atoms with Crippen LogP contribution in [0.2, 0.25) is 5.02 Å². The number of likely N-dealkylation sites (tertiary alicyclic amines) is 1. The SMILES string of the molecule is O=C1NCCN1CCN1CCC[C@@H]1C(Oc1c[nH]c2ccc(Cl)cc12)c1ccc(F)cc1. The predicted molar refractivity (Wildman–Crippen MR) is 123 cm³/mol. The Bertz CT molecular complexity index is 1100. The third-order valence-corrected chi connectivity index (χ3v) is 6.66. The van der Waals surface area contributed by atoms with Crippen LogP contribution in [0.3, 0.4) is 0 Å². The van der Waals surface area contributed by atoms with Crippen molar-refractivity contribution >= 4 is 28.5 Å². The highest BCUT2D eigenvalue weighted by atomic mass is 35.5. The zero-order valence-electron chi connectivity index (χ0n) is 17.7. The second-order valence-electron chi connectivity index (χ2n) is 8.40. The standard InChI is InChI=1S/C24H26ClFN4O2/c25-17-5-8-20-19(14-17)22(15-28-20)32-23(16-3-6-18(26)7-4-16)21-2-1-10-29(21)12-13-30-11-9-27-24(30)31/h3-8,14-15,21,23,28H,1-2,9-13H2,(H,27,31)/t21-,23?/m1/s1. The van der Waals surface area contributed by atoms with E-state index in [4.69, 9.17) is 16.3 Å². The predicted octanol–water partition coefficient (Wildman–Crippen LogP) is 4.57. The number of H-pyrrole nitrogens is 1. The number of carbonyl (C=O) groups excluding carboxylic acids is 1. The minimum Gasteiger partial charge on any atom is -0.482 e. The molecule has 2 atom stereocenters. The Morgan fingerprint density at radius 2 is 2.00 bits per heavy atom. The average Bonchev–Trinajstić information content (AvgIpc) is 3.51. The highest BCUT2D eigenvalue weighted by Crippen LogP contribution is 2.37. The first-order valence-corrected chi connectivity index (χ1v) is 11.4. The summed E-state index contributed by atoms with van der Waals surface area (Å²) in [7, 11) is 0. The summed E-state index contributed by atoms with van der Waals surface area (Å²) in [6.45, 7) is 3.85. The molecule has 0 spiro atoms. The van der Waals surface area contributed by atoms with Crippen molar-refractivity contribution in [1.29, 1.82) is 0 Å². The Hall–Kier alpha value is -2.77. The number of hydrogen-bond donors (Lipinski definition) is 2. The Balaban J connectivity index is 1.41. The number of nitrogens with zero attached hydrogens (tertiary/aromatic N) is 2. The van der Waals surface area contributed by atoms with Gasteiger partial charge in [0.15, 0.2) is 0 Å². The molecule has 32 heavy (non-hydrogen) atoms. The van der Waals surface area contributed by atoms with E-state index in [0.717, 1.165) is 54.7 Å². The fraction of sp³-hybridized carbons (Fsp3) is 0.375. The van der Waals surface area contributed by atoms with Crippen LogP contribution < -0.4 is 10.1 Å². The number of rotatable bonds is 7. The van der Waals surface area contributed by atoms with Crippen molar-refractivity contribution in [3.63, 3.8) is 0 Å². The van der Waals surface area contributed by atoms with Crippen molar-refractivity contribution in [2.75, 3.05) is 32.7 Å². The fourth-order valence-corrected chi connectivity index (χ4v) is 4.94. The van der Waals surface area contributed by atoms with Crippen molar-refractivity contribution in [1.82, 2.24) is 20.1 Å². The number of nitrogens with one attached hydrogen (secondary N) is 2. The lowest BCUT2D eigenvalue weighted by Crippen LogP contribution is -2.42. The quantitative estimate of drug-likeness (QED) is 0.547. The maximum atomic E-state index is 13.6. The summed E-state index contributed by atoms with van der Waals surface area (Å²) in [4.78, 5) is 19.4. The van der Waals surface area contributed by atoms with Gasteiger partial charge < -0.3 is 19.9 Å². The lowest BCUT2D eigenvalue weighted by atomic mass is 9.99. The first-order chi connectivity index (χ1) is 15.6. The van der Waals surface area contributed by atoms with E-state index in [1.54, 1.807) is 12.1 Å². The molecule has 3 aromatic rings. The Kier molecular flexibility index (Phi) is 5.93. The number of urea groups is 1. The summed E-state index contributed by atoms with van der Waals surface area (Å²) in [6, 6.07) is 12.3. The maximum Gasteiger partial charge on any atom is 0.317 e. The van der Waals surface area contributed by atoms with Crippen LogP contribution in [0.1, 0.15) is 24.5 Å². The van der Waals surface area contributed by atoms with Gasteiger partial charge in [0.2, 0.25) is 0 Å². The van der Waals surface area contributed by atoms with Crippen LogP contribution in [0, 0.1) is 5.82 Å². The van der Waals surface area contributed by atoms with Gasteiger partial charge in [0.05, 0.1) is 6.04 Å². The van der Waals surface area contributed by atoms with Crippen LogP contribution in [0.4, 0.5) is 9.18 Å². The van der Waals surface area contributed by atoms with Crippen molar-refractivity contribution in [3.05, 3.63) is 65.1 Å². The Labute approximate surface area is 191 Å². The largest absolute Gasteiger partial charge is 0.482 e. The van der Waals surface area contributed by atoms with E-state index in [2.05, 4.69) is 15.2 Å². The van der Waals surface area contributed by atoms with Gasteiger partial charge in [-0.05, 0) is 55.3 Å². The maximum absolute atomic E-state index is 13.6. The molecule has 2 N–H and O–H groups in total. The van der Waals surface area contributed by atoms with Crippen LogP contribution in [0.15, 0.2) is 48.7 Å². The highest BCUT2D eigenvalue weighted by Gasteiger charge is 2.35. The molecule has 2 aliphatic heterocycles. The number of ether oxygens (including phenoxy) is 1. The minimum absolute atomic E-state index is 0.00255. The number of aromatic nitrogens is 1. The molecule has 0 bridgehead atoms. The van der Waals surface area contributed by atoms with E-state index in [1.807, 2.05) is 29.3 Å². The van der Waals surface area contributed by atoms with E-state index < -0.39 is 0 Å². The third kappa shape index (κ3) is 4.27. The molecule has 2 fully saturated rings. The molecule has 1 aromatic heterocycles. The fourth-order valence-electron chi connectivity index (χ4n) is 4.77.